The maximum Gasteiger partial charge on any atom is 0.267 e. The Morgan fingerprint density at radius 3 is 2.33 bits per heavy atom. The highest BCUT2D eigenvalue weighted by Gasteiger charge is 2.13. The zero-order chi connectivity index (χ0) is 17.8. The number of amides is 2. The first kappa shape index (κ1) is 19.2. The average molecular weight is 328 g/mol. The number of anilines is 1. The van der Waals surface area contributed by atoms with E-state index in [1.54, 1.807) is 0 Å². The molecule has 0 atom stereocenters. The van der Waals surface area contributed by atoms with E-state index >= 15 is 0 Å². The average Bonchev–Trinajstić information content (AvgIpc) is 2.61. The summed E-state index contributed by atoms with van der Waals surface area (Å²) in [6, 6.07) is 7.84. The Labute approximate surface area is 142 Å². The molecule has 0 radical (unpaired) electrons. The number of benzene rings is 1. The molecule has 1 rings (SSSR count). The van der Waals surface area contributed by atoms with Crippen molar-refractivity contribution in [1.29, 1.82) is 5.26 Å². The molecule has 0 saturated carbocycles. The van der Waals surface area contributed by atoms with E-state index in [-0.39, 0.29) is 5.57 Å². The normalized spacial score (nSPS) is 10.6. The first-order valence-corrected chi connectivity index (χ1v) is 8.10. The van der Waals surface area contributed by atoms with Crippen molar-refractivity contribution in [2.45, 2.75) is 33.1 Å². The van der Waals surface area contributed by atoms with E-state index in [0.29, 0.717) is 25.9 Å². The topological polar surface area (TPSA) is 94.0 Å². The quantitative estimate of drug-likeness (QED) is 0.264. The van der Waals surface area contributed by atoms with E-state index in [4.69, 9.17) is 0 Å². The fourth-order valence-corrected chi connectivity index (χ4v) is 2.26. The van der Waals surface area contributed by atoms with Crippen LogP contribution in [0, 0.1) is 11.3 Å². The minimum absolute atomic E-state index is 0.0197. The molecule has 6 nitrogen and oxygen atoms in total. The molecular formula is C18H24N4O2. The highest BCUT2D eigenvalue weighted by Crippen LogP contribution is 2.23. The number of hydrogen-bond acceptors (Lipinski definition) is 4. The van der Waals surface area contributed by atoms with Crippen LogP contribution in [0.3, 0.4) is 0 Å². The maximum atomic E-state index is 12.3. The number of hydrogen-bond donors (Lipinski definition) is 3. The van der Waals surface area contributed by atoms with E-state index < -0.39 is 5.91 Å². The van der Waals surface area contributed by atoms with Crippen LogP contribution in [0.25, 0.3) is 0 Å². The van der Waals surface area contributed by atoms with Gasteiger partial charge in [0.2, 0.25) is 6.41 Å². The summed E-state index contributed by atoms with van der Waals surface area (Å²) in [5.74, 6) is -0.424. The van der Waals surface area contributed by atoms with Gasteiger partial charge in [0, 0.05) is 25.0 Å². The summed E-state index contributed by atoms with van der Waals surface area (Å²) in [6.45, 7) is 5.16. The molecule has 0 heterocycles. The van der Waals surface area contributed by atoms with Gasteiger partial charge in [-0.1, -0.05) is 32.0 Å². The van der Waals surface area contributed by atoms with Crippen LogP contribution in [-0.2, 0) is 22.4 Å². The van der Waals surface area contributed by atoms with Crippen molar-refractivity contribution < 1.29 is 9.59 Å². The van der Waals surface area contributed by atoms with Gasteiger partial charge in [0.15, 0.2) is 0 Å². The summed E-state index contributed by atoms with van der Waals surface area (Å²) >= 11 is 0. The van der Waals surface area contributed by atoms with E-state index in [2.05, 4.69) is 16.0 Å². The first-order valence-electron chi connectivity index (χ1n) is 8.10. The Bertz CT molecular complexity index is 610. The van der Waals surface area contributed by atoms with Gasteiger partial charge in [-0.3, -0.25) is 9.59 Å². The van der Waals surface area contributed by atoms with Gasteiger partial charge in [-0.15, -0.1) is 0 Å². The summed E-state index contributed by atoms with van der Waals surface area (Å²) in [7, 11) is 0. The van der Waals surface area contributed by atoms with Crippen molar-refractivity contribution in [1.82, 2.24) is 10.6 Å². The number of carbonyl (C=O) groups excluding carboxylic acids is 2. The molecule has 0 aliphatic carbocycles. The van der Waals surface area contributed by atoms with Crippen LogP contribution in [0.2, 0.25) is 0 Å². The minimum atomic E-state index is -0.424. The van der Waals surface area contributed by atoms with E-state index in [1.165, 1.54) is 6.20 Å². The Morgan fingerprint density at radius 2 is 1.79 bits per heavy atom. The second-order valence-corrected chi connectivity index (χ2v) is 5.16. The first-order chi connectivity index (χ1) is 11.7. The molecule has 1 aromatic carbocycles. The molecule has 6 heteroatoms. The SMILES string of the molecule is CCc1cccc(CC)c1NC(=O)/C(C#N)=C\NCCCNC=O. The number of nitrogens with zero attached hydrogens (tertiary/aromatic N) is 1. The summed E-state index contributed by atoms with van der Waals surface area (Å²) < 4.78 is 0. The third-order valence-electron chi connectivity index (χ3n) is 3.57. The molecule has 24 heavy (non-hydrogen) atoms. The molecule has 0 unspecified atom stereocenters. The molecule has 0 saturated heterocycles. The largest absolute Gasteiger partial charge is 0.390 e. The van der Waals surface area contributed by atoms with Crippen LogP contribution in [0.4, 0.5) is 5.69 Å². The third-order valence-corrected chi connectivity index (χ3v) is 3.57. The fourth-order valence-electron chi connectivity index (χ4n) is 2.26. The Hall–Kier alpha value is -2.81. The number of para-hydroxylation sites is 1. The van der Waals surface area contributed by atoms with Crippen LogP contribution in [0.5, 0.6) is 0 Å². The second kappa shape index (κ2) is 10.8. The molecule has 0 bridgehead atoms. The van der Waals surface area contributed by atoms with Crippen LogP contribution >= 0.6 is 0 Å². The van der Waals surface area contributed by atoms with Gasteiger partial charge < -0.3 is 16.0 Å². The molecule has 128 valence electrons. The summed E-state index contributed by atoms with van der Waals surface area (Å²) in [5, 5.41) is 17.5. The molecule has 1 aromatic rings. The summed E-state index contributed by atoms with van der Waals surface area (Å²) in [4.78, 5) is 22.5. The minimum Gasteiger partial charge on any atom is -0.390 e. The number of nitriles is 1. The van der Waals surface area contributed by atoms with Crippen LogP contribution in [0.15, 0.2) is 30.0 Å². The monoisotopic (exact) mass is 328 g/mol. The van der Waals surface area contributed by atoms with Crippen molar-refractivity contribution in [2.24, 2.45) is 0 Å². The maximum absolute atomic E-state index is 12.3. The Balaban J connectivity index is 2.74. The second-order valence-electron chi connectivity index (χ2n) is 5.16. The summed E-state index contributed by atoms with van der Waals surface area (Å²) in [5.41, 5.74) is 2.91. The van der Waals surface area contributed by atoms with Gasteiger partial charge in [-0.05, 0) is 30.4 Å². The zero-order valence-corrected chi connectivity index (χ0v) is 14.2. The zero-order valence-electron chi connectivity index (χ0n) is 14.2. The van der Waals surface area contributed by atoms with Crippen LogP contribution < -0.4 is 16.0 Å². The van der Waals surface area contributed by atoms with Gasteiger partial charge in [0.1, 0.15) is 11.6 Å². The van der Waals surface area contributed by atoms with Crippen molar-refractivity contribution in [2.75, 3.05) is 18.4 Å². The molecule has 0 aromatic heterocycles. The van der Waals surface area contributed by atoms with Crippen molar-refractivity contribution in [3.63, 3.8) is 0 Å². The van der Waals surface area contributed by atoms with Gasteiger partial charge in [-0.25, -0.2) is 0 Å². The number of nitrogens with one attached hydrogen (secondary N) is 3. The predicted octanol–water partition coefficient (Wildman–Crippen LogP) is 1.88. The lowest BCUT2D eigenvalue weighted by Gasteiger charge is -2.14. The number of rotatable bonds is 10. The van der Waals surface area contributed by atoms with Crippen molar-refractivity contribution in [3.05, 3.63) is 41.1 Å². The number of aryl methyl sites for hydroxylation is 2. The Kier molecular flexibility index (Phi) is 8.69. The van der Waals surface area contributed by atoms with Gasteiger partial charge in [-0.2, -0.15) is 5.26 Å². The summed E-state index contributed by atoms with van der Waals surface area (Å²) in [6.07, 6.45) is 4.36. The van der Waals surface area contributed by atoms with Crippen molar-refractivity contribution >= 4 is 18.0 Å². The van der Waals surface area contributed by atoms with E-state index in [9.17, 15) is 14.9 Å². The van der Waals surface area contributed by atoms with E-state index in [0.717, 1.165) is 29.7 Å². The van der Waals surface area contributed by atoms with E-state index in [1.807, 2.05) is 38.1 Å². The molecule has 0 aliphatic heterocycles. The smallest absolute Gasteiger partial charge is 0.267 e. The standard InChI is InChI=1S/C18H24N4O2/c1-3-14-7-5-8-15(4-2)17(14)22-18(24)16(11-19)12-20-9-6-10-21-13-23/h5,7-8,12-13,20H,3-4,6,9-10H2,1-2H3,(H,21,23)(H,22,24)/b16-12-. The number of carbonyl (C=O) groups is 2. The highest BCUT2D eigenvalue weighted by molar-refractivity contribution is 6.07. The van der Waals surface area contributed by atoms with Gasteiger partial charge >= 0.3 is 0 Å². The van der Waals surface area contributed by atoms with Gasteiger partial charge in [0.05, 0.1) is 0 Å². The lowest BCUT2D eigenvalue weighted by atomic mass is 10.0. The fraction of sp³-hybridized carbons (Fsp3) is 0.389. The lowest BCUT2D eigenvalue weighted by Crippen LogP contribution is -2.21. The molecule has 3 N–H and O–H groups in total. The van der Waals surface area contributed by atoms with Crippen LogP contribution in [-0.4, -0.2) is 25.4 Å². The highest BCUT2D eigenvalue weighted by atomic mass is 16.1. The van der Waals surface area contributed by atoms with Crippen molar-refractivity contribution in [3.8, 4) is 6.07 Å². The predicted molar refractivity (Wildman–Crippen MR) is 94.2 cm³/mol. The van der Waals surface area contributed by atoms with Crippen LogP contribution in [0.1, 0.15) is 31.4 Å². The molecule has 0 spiro atoms. The lowest BCUT2D eigenvalue weighted by molar-refractivity contribution is -0.112. The molecular weight excluding hydrogens is 304 g/mol. The Morgan fingerprint density at radius 1 is 1.17 bits per heavy atom. The third kappa shape index (κ3) is 5.76. The van der Waals surface area contributed by atoms with Gasteiger partial charge in [0.25, 0.3) is 5.91 Å². The molecule has 0 fully saturated rings. The molecule has 0 aliphatic rings. The molecule has 2 amide bonds.